The van der Waals surface area contributed by atoms with Crippen LogP contribution in [-0.4, -0.2) is 42.4 Å². The lowest BCUT2D eigenvalue weighted by atomic mass is 10.1. The number of aromatic nitrogens is 1. The summed E-state index contributed by atoms with van der Waals surface area (Å²) in [6.07, 6.45) is 1.56. The van der Waals surface area contributed by atoms with Crippen LogP contribution < -0.4 is 10.1 Å². The molecule has 0 radical (unpaired) electrons. The van der Waals surface area contributed by atoms with Crippen LogP contribution >= 0.6 is 11.3 Å². The number of amides is 2. The van der Waals surface area contributed by atoms with Gasteiger partial charge in [-0.15, -0.1) is 11.3 Å². The molecule has 0 spiro atoms. The zero-order valence-corrected chi connectivity index (χ0v) is 18.4. The van der Waals surface area contributed by atoms with Gasteiger partial charge in [0.2, 0.25) is 5.91 Å². The Hall–Kier alpha value is -3.91. The topological polar surface area (TPSA) is 84.7 Å². The van der Waals surface area contributed by atoms with Gasteiger partial charge in [-0.25, -0.2) is 4.98 Å². The van der Waals surface area contributed by atoms with E-state index in [9.17, 15) is 9.59 Å². The number of furan rings is 1. The maximum absolute atomic E-state index is 13.3. The molecule has 162 valence electrons. The normalized spacial score (nSPS) is 10.6. The molecule has 0 aliphatic rings. The Morgan fingerprint density at radius 1 is 1.09 bits per heavy atom. The van der Waals surface area contributed by atoms with E-state index in [0.717, 1.165) is 5.56 Å². The van der Waals surface area contributed by atoms with Crippen LogP contribution in [0.1, 0.15) is 9.67 Å². The zero-order valence-electron chi connectivity index (χ0n) is 17.6. The predicted molar refractivity (Wildman–Crippen MR) is 124 cm³/mol. The molecule has 2 aromatic carbocycles. The van der Waals surface area contributed by atoms with Crippen molar-refractivity contribution in [2.45, 2.75) is 0 Å². The average molecular weight is 448 g/mol. The van der Waals surface area contributed by atoms with Gasteiger partial charge in [0.25, 0.3) is 5.91 Å². The van der Waals surface area contributed by atoms with E-state index in [0.29, 0.717) is 32.8 Å². The third-order valence-electron chi connectivity index (χ3n) is 4.68. The lowest BCUT2D eigenvalue weighted by Gasteiger charge is -2.17. The number of rotatable bonds is 7. The SMILES string of the molecule is COc1cccc(NC(=O)CN(C)C(=O)c2sc(-c3ccco3)nc2-c2ccccc2)c1. The van der Waals surface area contributed by atoms with E-state index in [1.165, 1.54) is 16.2 Å². The van der Waals surface area contributed by atoms with Gasteiger partial charge in [0.1, 0.15) is 10.6 Å². The van der Waals surface area contributed by atoms with Gasteiger partial charge in [0.15, 0.2) is 10.8 Å². The number of thiazole rings is 1. The van der Waals surface area contributed by atoms with Gasteiger partial charge in [0.05, 0.1) is 25.6 Å². The molecule has 2 amide bonds. The van der Waals surface area contributed by atoms with Crippen molar-refractivity contribution >= 4 is 28.8 Å². The van der Waals surface area contributed by atoms with Crippen molar-refractivity contribution in [3.8, 4) is 27.8 Å². The molecule has 4 aromatic rings. The van der Waals surface area contributed by atoms with E-state index in [1.54, 1.807) is 56.8 Å². The Morgan fingerprint density at radius 3 is 2.62 bits per heavy atom. The monoisotopic (exact) mass is 447 g/mol. The van der Waals surface area contributed by atoms with Crippen LogP contribution in [0.15, 0.2) is 77.4 Å². The minimum atomic E-state index is -0.314. The Labute approximate surface area is 189 Å². The van der Waals surface area contributed by atoms with Gasteiger partial charge >= 0.3 is 0 Å². The van der Waals surface area contributed by atoms with E-state index in [-0.39, 0.29) is 18.4 Å². The van der Waals surface area contributed by atoms with Crippen molar-refractivity contribution in [2.24, 2.45) is 0 Å². The van der Waals surface area contributed by atoms with Crippen molar-refractivity contribution in [3.05, 3.63) is 77.9 Å². The van der Waals surface area contributed by atoms with Crippen LogP contribution in [0.5, 0.6) is 5.75 Å². The molecule has 0 saturated heterocycles. The maximum Gasteiger partial charge on any atom is 0.266 e. The molecular formula is C24H21N3O4S. The molecular weight excluding hydrogens is 426 g/mol. The number of nitrogens with one attached hydrogen (secondary N) is 1. The van der Waals surface area contributed by atoms with E-state index in [2.05, 4.69) is 10.3 Å². The highest BCUT2D eigenvalue weighted by Crippen LogP contribution is 2.34. The molecule has 4 rings (SSSR count). The summed E-state index contributed by atoms with van der Waals surface area (Å²) in [6, 6.07) is 20.1. The van der Waals surface area contributed by atoms with Gasteiger partial charge < -0.3 is 19.4 Å². The minimum absolute atomic E-state index is 0.113. The second-order valence-electron chi connectivity index (χ2n) is 6.98. The van der Waals surface area contributed by atoms with Gasteiger partial charge in [-0.3, -0.25) is 9.59 Å². The van der Waals surface area contributed by atoms with Crippen LogP contribution in [0.4, 0.5) is 5.69 Å². The quantitative estimate of drug-likeness (QED) is 0.440. The number of hydrogen-bond donors (Lipinski definition) is 1. The standard InChI is InChI=1S/C24H21N3O4S/c1-27(15-20(28)25-17-10-6-11-18(14-17)30-2)24(29)22-21(16-8-4-3-5-9-16)26-23(32-22)19-12-7-13-31-19/h3-14H,15H2,1-2H3,(H,25,28). The fourth-order valence-electron chi connectivity index (χ4n) is 3.12. The van der Waals surface area contributed by atoms with Gasteiger partial charge in [-0.05, 0) is 24.3 Å². The predicted octanol–water partition coefficient (Wildman–Crippen LogP) is 4.79. The number of carbonyl (C=O) groups is 2. The van der Waals surface area contributed by atoms with Crippen LogP contribution in [-0.2, 0) is 4.79 Å². The van der Waals surface area contributed by atoms with Crippen LogP contribution in [0.2, 0.25) is 0 Å². The number of anilines is 1. The van der Waals surface area contributed by atoms with Gasteiger partial charge in [-0.1, -0.05) is 36.4 Å². The van der Waals surface area contributed by atoms with Crippen molar-refractivity contribution in [3.63, 3.8) is 0 Å². The molecule has 0 atom stereocenters. The number of ether oxygens (including phenoxy) is 1. The second-order valence-corrected chi connectivity index (χ2v) is 7.98. The summed E-state index contributed by atoms with van der Waals surface area (Å²) in [5.41, 5.74) is 1.98. The molecule has 2 heterocycles. The van der Waals surface area contributed by atoms with Gasteiger partial charge in [-0.2, -0.15) is 0 Å². The van der Waals surface area contributed by atoms with E-state index in [1.807, 2.05) is 30.3 Å². The third kappa shape index (κ3) is 4.70. The summed E-state index contributed by atoms with van der Waals surface area (Å²) in [7, 11) is 3.15. The highest BCUT2D eigenvalue weighted by Gasteiger charge is 2.24. The first-order valence-corrected chi connectivity index (χ1v) is 10.7. The summed E-state index contributed by atoms with van der Waals surface area (Å²) in [5.74, 6) is 0.616. The lowest BCUT2D eigenvalue weighted by molar-refractivity contribution is -0.116. The highest BCUT2D eigenvalue weighted by atomic mass is 32.1. The first-order chi connectivity index (χ1) is 15.5. The fourth-order valence-corrected chi connectivity index (χ4v) is 4.17. The molecule has 0 aliphatic heterocycles. The lowest BCUT2D eigenvalue weighted by Crippen LogP contribution is -2.34. The molecule has 0 fully saturated rings. The van der Waals surface area contributed by atoms with E-state index in [4.69, 9.17) is 9.15 Å². The largest absolute Gasteiger partial charge is 0.497 e. The molecule has 0 saturated carbocycles. The molecule has 2 aromatic heterocycles. The van der Waals surface area contributed by atoms with E-state index >= 15 is 0 Å². The highest BCUT2D eigenvalue weighted by molar-refractivity contribution is 7.17. The fraction of sp³-hybridized carbons (Fsp3) is 0.125. The molecule has 0 bridgehead atoms. The second kappa shape index (κ2) is 9.49. The van der Waals surface area contributed by atoms with Gasteiger partial charge in [0, 0.05) is 24.4 Å². The number of methoxy groups -OCH3 is 1. The van der Waals surface area contributed by atoms with Crippen molar-refractivity contribution in [2.75, 3.05) is 26.0 Å². The first kappa shape index (κ1) is 21.3. The van der Waals surface area contributed by atoms with Crippen molar-refractivity contribution < 1.29 is 18.7 Å². The maximum atomic E-state index is 13.3. The summed E-state index contributed by atoms with van der Waals surface area (Å²) in [6.45, 7) is -0.113. The Kier molecular flexibility index (Phi) is 6.32. The number of likely N-dealkylation sites (N-methyl/N-ethyl adjacent to an activating group) is 1. The minimum Gasteiger partial charge on any atom is -0.497 e. The van der Waals surface area contributed by atoms with Crippen LogP contribution in [0.3, 0.4) is 0 Å². The average Bonchev–Trinajstić information content (AvgIpc) is 3.49. The third-order valence-corrected chi connectivity index (χ3v) is 5.74. The summed E-state index contributed by atoms with van der Waals surface area (Å²) in [5, 5.41) is 3.39. The summed E-state index contributed by atoms with van der Waals surface area (Å²) < 4.78 is 10.6. The molecule has 8 heteroatoms. The Bertz CT molecular complexity index is 1220. The van der Waals surface area contributed by atoms with Crippen molar-refractivity contribution in [1.82, 2.24) is 9.88 Å². The number of benzene rings is 2. The van der Waals surface area contributed by atoms with Crippen molar-refractivity contribution in [1.29, 1.82) is 0 Å². The number of hydrogen-bond acceptors (Lipinski definition) is 6. The smallest absolute Gasteiger partial charge is 0.266 e. The zero-order chi connectivity index (χ0) is 22.5. The summed E-state index contributed by atoms with van der Waals surface area (Å²) in [4.78, 5) is 32.3. The summed E-state index contributed by atoms with van der Waals surface area (Å²) >= 11 is 1.24. The molecule has 7 nitrogen and oxygen atoms in total. The van der Waals surface area contributed by atoms with E-state index < -0.39 is 0 Å². The molecule has 0 aliphatic carbocycles. The Balaban J connectivity index is 1.55. The number of nitrogens with zero attached hydrogens (tertiary/aromatic N) is 2. The number of carbonyl (C=O) groups excluding carboxylic acids is 2. The molecule has 1 N–H and O–H groups in total. The Morgan fingerprint density at radius 2 is 1.91 bits per heavy atom. The first-order valence-electron chi connectivity index (χ1n) is 9.84. The molecule has 32 heavy (non-hydrogen) atoms. The molecule has 0 unspecified atom stereocenters. The van der Waals surface area contributed by atoms with Crippen LogP contribution in [0.25, 0.3) is 22.0 Å². The van der Waals surface area contributed by atoms with Crippen LogP contribution in [0, 0.1) is 0 Å².